The molecule has 4 rings (SSSR count). The monoisotopic (exact) mass is 542 g/mol. The quantitative estimate of drug-likeness (QED) is 0.467. The standard InChI is InChI=1S/C20H17BrF2N4O5S/c21-14-7-12(8-24-20(14)32-11-4-5-15(22)16(23)6-11)33(30,31)26-17-2-1-3-18-13(17)9-25-27(18)10-19(28)29/h4-9,17,26H,1-3,10H2,(H,28,29). The van der Waals surface area contributed by atoms with Crippen molar-refractivity contribution >= 4 is 31.9 Å². The van der Waals surface area contributed by atoms with Crippen molar-refractivity contribution in [1.29, 1.82) is 0 Å². The van der Waals surface area contributed by atoms with Crippen molar-refractivity contribution < 1.29 is 31.8 Å². The van der Waals surface area contributed by atoms with Crippen molar-refractivity contribution in [2.75, 3.05) is 0 Å². The third-order valence-corrected chi connectivity index (χ3v) is 7.05. The molecule has 1 aliphatic rings. The van der Waals surface area contributed by atoms with Gasteiger partial charge in [-0.15, -0.1) is 0 Å². The maximum absolute atomic E-state index is 13.4. The van der Waals surface area contributed by atoms with Gasteiger partial charge in [0.25, 0.3) is 0 Å². The minimum atomic E-state index is -4.00. The number of rotatable bonds is 7. The lowest BCUT2D eigenvalue weighted by atomic mass is 9.94. The minimum Gasteiger partial charge on any atom is -0.480 e. The van der Waals surface area contributed by atoms with E-state index in [1.54, 1.807) is 0 Å². The van der Waals surface area contributed by atoms with Crippen LogP contribution in [-0.2, 0) is 27.8 Å². The smallest absolute Gasteiger partial charge is 0.325 e. The molecule has 1 aliphatic carbocycles. The number of halogens is 3. The lowest BCUT2D eigenvalue weighted by Gasteiger charge is -2.24. The van der Waals surface area contributed by atoms with E-state index in [9.17, 15) is 22.0 Å². The van der Waals surface area contributed by atoms with Gasteiger partial charge in [-0.05, 0) is 53.4 Å². The molecule has 0 fully saturated rings. The lowest BCUT2D eigenvalue weighted by molar-refractivity contribution is -0.137. The van der Waals surface area contributed by atoms with Gasteiger partial charge in [-0.1, -0.05) is 0 Å². The van der Waals surface area contributed by atoms with E-state index in [2.05, 4.69) is 30.7 Å². The second-order valence-corrected chi connectivity index (χ2v) is 9.87. The van der Waals surface area contributed by atoms with Gasteiger partial charge in [0.05, 0.1) is 22.9 Å². The Balaban J connectivity index is 1.54. The number of ether oxygens (including phenoxy) is 1. The Bertz CT molecular complexity index is 1330. The van der Waals surface area contributed by atoms with Crippen LogP contribution in [0.3, 0.4) is 0 Å². The van der Waals surface area contributed by atoms with Crippen LogP contribution in [0.25, 0.3) is 0 Å². The summed E-state index contributed by atoms with van der Waals surface area (Å²) in [5, 5.41) is 13.1. The molecule has 2 aromatic heterocycles. The molecule has 9 nitrogen and oxygen atoms in total. The zero-order valence-electron chi connectivity index (χ0n) is 16.8. The van der Waals surface area contributed by atoms with Crippen LogP contribution in [0.5, 0.6) is 11.6 Å². The highest BCUT2D eigenvalue weighted by molar-refractivity contribution is 9.10. The second kappa shape index (κ2) is 9.15. The van der Waals surface area contributed by atoms with Crippen LogP contribution in [0, 0.1) is 11.6 Å². The highest BCUT2D eigenvalue weighted by atomic mass is 79.9. The SMILES string of the molecule is O=C(O)Cn1ncc2c1CCCC2NS(=O)(=O)c1cnc(Oc2ccc(F)c(F)c2)c(Br)c1. The summed E-state index contributed by atoms with van der Waals surface area (Å²) < 4.78 is 62.0. The summed E-state index contributed by atoms with van der Waals surface area (Å²) in [6, 6.07) is 3.67. The topological polar surface area (TPSA) is 123 Å². The van der Waals surface area contributed by atoms with Gasteiger partial charge in [0.1, 0.15) is 17.2 Å². The first-order chi connectivity index (χ1) is 15.6. The van der Waals surface area contributed by atoms with Crippen molar-refractivity contribution in [2.24, 2.45) is 0 Å². The lowest BCUT2D eigenvalue weighted by Crippen LogP contribution is -2.31. The van der Waals surface area contributed by atoms with Crippen LogP contribution in [0.1, 0.15) is 30.1 Å². The van der Waals surface area contributed by atoms with Crippen LogP contribution in [0.4, 0.5) is 8.78 Å². The van der Waals surface area contributed by atoms with Crippen molar-refractivity contribution in [3.05, 3.63) is 64.0 Å². The van der Waals surface area contributed by atoms with Crippen molar-refractivity contribution in [3.8, 4) is 11.6 Å². The predicted molar refractivity (Wildman–Crippen MR) is 114 cm³/mol. The molecule has 1 atom stereocenters. The third kappa shape index (κ3) is 5.04. The van der Waals surface area contributed by atoms with Gasteiger partial charge in [-0.3, -0.25) is 9.48 Å². The molecule has 0 amide bonds. The van der Waals surface area contributed by atoms with Crippen molar-refractivity contribution in [3.63, 3.8) is 0 Å². The van der Waals surface area contributed by atoms with E-state index in [4.69, 9.17) is 9.84 Å². The van der Waals surface area contributed by atoms with Gasteiger partial charge in [0.2, 0.25) is 15.9 Å². The molecule has 0 saturated heterocycles. The Kier molecular flexibility index (Phi) is 6.45. The molecular weight excluding hydrogens is 526 g/mol. The summed E-state index contributed by atoms with van der Waals surface area (Å²) in [5.74, 6) is -3.20. The average molecular weight is 543 g/mol. The zero-order chi connectivity index (χ0) is 23.8. The Hall–Kier alpha value is -2.90. The number of carboxylic acid groups (broad SMARTS) is 1. The first kappa shape index (κ1) is 23.3. The number of aliphatic carboxylic acids is 1. The molecule has 0 aliphatic heterocycles. The summed E-state index contributed by atoms with van der Waals surface area (Å²) in [4.78, 5) is 14.9. The van der Waals surface area contributed by atoms with Crippen LogP contribution in [0.2, 0.25) is 0 Å². The summed E-state index contributed by atoms with van der Waals surface area (Å²) >= 11 is 3.19. The van der Waals surface area contributed by atoms with Crippen LogP contribution < -0.4 is 9.46 Å². The molecule has 2 heterocycles. The highest BCUT2D eigenvalue weighted by Gasteiger charge is 2.29. The number of carboxylic acids is 1. The van der Waals surface area contributed by atoms with E-state index < -0.39 is 33.7 Å². The number of nitrogens with zero attached hydrogens (tertiary/aromatic N) is 3. The van der Waals surface area contributed by atoms with Crippen LogP contribution in [0.15, 0.2) is 46.0 Å². The number of sulfonamides is 1. The van der Waals surface area contributed by atoms with E-state index in [0.717, 1.165) is 18.3 Å². The molecule has 3 aromatic rings. The van der Waals surface area contributed by atoms with Gasteiger partial charge in [-0.25, -0.2) is 26.9 Å². The van der Waals surface area contributed by atoms with E-state index in [1.807, 2.05) is 0 Å². The number of fused-ring (bicyclic) bond motifs is 1. The molecule has 174 valence electrons. The number of aromatic nitrogens is 3. The number of carbonyl (C=O) groups is 1. The number of pyridine rings is 1. The fourth-order valence-electron chi connectivity index (χ4n) is 3.54. The fraction of sp³-hybridized carbons (Fsp3) is 0.250. The number of benzene rings is 1. The Morgan fingerprint density at radius 2 is 2.06 bits per heavy atom. The highest BCUT2D eigenvalue weighted by Crippen LogP contribution is 2.33. The Morgan fingerprint density at radius 3 is 2.76 bits per heavy atom. The van der Waals surface area contributed by atoms with Crippen molar-refractivity contribution in [2.45, 2.75) is 36.7 Å². The van der Waals surface area contributed by atoms with Crippen LogP contribution in [-0.4, -0.2) is 34.3 Å². The Labute approximate surface area is 195 Å². The van der Waals surface area contributed by atoms with Gasteiger partial charge in [0, 0.05) is 17.3 Å². The summed E-state index contributed by atoms with van der Waals surface area (Å²) in [5.41, 5.74) is 1.32. The molecule has 2 N–H and O–H groups in total. The van der Waals surface area contributed by atoms with E-state index in [1.165, 1.54) is 23.0 Å². The zero-order valence-corrected chi connectivity index (χ0v) is 19.2. The van der Waals surface area contributed by atoms with Crippen molar-refractivity contribution in [1.82, 2.24) is 19.5 Å². The second-order valence-electron chi connectivity index (χ2n) is 7.30. The number of hydrogen-bond donors (Lipinski definition) is 2. The predicted octanol–water partition coefficient (Wildman–Crippen LogP) is 3.55. The fourth-order valence-corrected chi connectivity index (χ4v) is 5.34. The number of hydrogen-bond acceptors (Lipinski definition) is 6. The number of nitrogens with one attached hydrogen (secondary N) is 1. The van der Waals surface area contributed by atoms with E-state index in [-0.39, 0.29) is 27.5 Å². The molecule has 1 unspecified atom stereocenters. The third-order valence-electron chi connectivity index (χ3n) is 5.04. The van der Waals surface area contributed by atoms with Gasteiger partial charge in [-0.2, -0.15) is 5.10 Å². The molecule has 0 spiro atoms. The first-order valence-corrected chi connectivity index (χ1v) is 12.0. The molecule has 1 aromatic carbocycles. The molecular formula is C20H17BrF2N4O5S. The first-order valence-electron chi connectivity index (χ1n) is 9.71. The molecule has 33 heavy (non-hydrogen) atoms. The van der Waals surface area contributed by atoms with Gasteiger partial charge < -0.3 is 9.84 Å². The molecule has 0 radical (unpaired) electrons. The van der Waals surface area contributed by atoms with E-state index in [0.29, 0.717) is 30.5 Å². The average Bonchev–Trinajstić information content (AvgIpc) is 3.15. The molecule has 0 bridgehead atoms. The minimum absolute atomic E-state index is 0.0102. The summed E-state index contributed by atoms with van der Waals surface area (Å²) in [6.07, 6.45) is 4.35. The van der Waals surface area contributed by atoms with Gasteiger partial charge in [0.15, 0.2) is 11.6 Å². The molecule has 13 heteroatoms. The summed E-state index contributed by atoms with van der Waals surface area (Å²) in [6.45, 7) is -0.301. The Morgan fingerprint density at radius 1 is 1.27 bits per heavy atom. The largest absolute Gasteiger partial charge is 0.480 e. The molecule has 0 saturated carbocycles. The van der Waals surface area contributed by atoms with Gasteiger partial charge >= 0.3 is 5.97 Å². The summed E-state index contributed by atoms with van der Waals surface area (Å²) in [7, 11) is -4.00. The maximum atomic E-state index is 13.4. The van der Waals surface area contributed by atoms with Crippen LogP contribution >= 0.6 is 15.9 Å². The maximum Gasteiger partial charge on any atom is 0.325 e. The van der Waals surface area contributed by atoms with E-state index >= 15 is 0 Å². The normalized spacial score (nSPS) is 15.8.